The Morgan fingerprint density at radius 3 is 1.81 bits per heavy atom. The van der Waals surface area contributed by atoms with Gasteiger partial charge in [0.25, 0.3) is 0 Å². The van der Waals surface area contributed by atoms with Gasteiger partial charge in [0.2, 0.25) is 0 Å². The fourth-order valence-electron chi connectivity index (χ4n) is 5.67. The van der Waals surface area contributed by atoms with Crippen molar-refractivity contribution in [2.45, 2.75) is 59.3 Å². The SMILES string of the molecule is CCOCOc1sccc1-c1cc(-c2ccc(C(C)(C)C)cc2)cc2c1[nH]c1ccc(-c3ccc(C(C)(C)C)cc3)cc12. The predicted molar refractivity (Wildman–Crippen MR) is 185 cm³/mol. The highest BCUT2D eigenvalue weighted by Gasteiger charge is 2.19. The van der Waals surface area contributed by atoms with E-state index in [0.29, 0.717) is 6.61 Å². The standard InChI is InChI=1S/C39H41NO2S/c1-8-41-24-42-37-31(19-20-43-37)33-22-28(26-11-16-30(17-12-26)39(5,6)7)23-34-32-21-27(13-18-35(32)40-36(33)34)25-9-14-29(15-10-25)38(2,3)4/h9-23,40H,8,24H2,1-7H3. The van der Waals surface area contributed by atoms with Crippen molar-refractivity contribution in [2.24, 2.45) is 0 Å². The molecule has 0 saturated carbocycles. The van der Waals surface area contributed by atoms with Gasteiger partial charge in [-0.3, -0.25) is 0 Å². The van der Waals surface area contributed by atoms with E-state index in [1.807, 2.05) is 6.92 Å². The third-order valence-electron chi connectivity index (χ3n) is 8.27. The Hall–Kier alpha value is -3.86. The summed E-state index contributed by atoms with van der Waals surface area (Å²) in [5.74, 6) is 0. The molecule has 0 aliphatic heterocycles. The van der Waals surface area contributed by atoms with Gasteiger partial charge < -0.3 is 14.5 Å². The Kier molecular flexibility index (Phi) is 7.70. The molecule has 220 valence electrons. The summed E-state index contributed by atoms with van der Waals surface area (Å²) in [5, 5.41) is 5.38. The summed E-state index contributed by atoms with van der Waals surface area (Å²) in [7, 11) is 0. The van der Waals surface area contributed by atoms with Crippen molar-refractivity contribution < 1.29 is 9.47 Å². The highest BCUT2D eigenvalue weighted by molar-refractivity contribution is 7.12. The minimum absolute atomic E-state index is 0.107. The Morgan fingerprint density at radius 1 is 0.628 bits per heavy atom. The number of aromatic amines is 1. The molecule has 4 heteroatoms. The van der Waals surface area contributed by atoms with Crippen LogP contribution < -0.4 is 4.74 Å². The van der Waals surface area contributed by atoms with Gasteiger partial charge in [0.1, 0.15) is 0 Å². The molecule has 6 aromatic rings. The first-order valence-corrected chi connectivity index (χ1v) is 16.0. The van der Waals surface area contributed by atoms with Gasteiger partial charge >= 0.3 is 0 Å². The minimum Gasteiger partial charge on any atom is -0.457 e. The van der Waals surface area contributed by atoms with Crippen LogP contribution in [0.2, 0.25) is 0 Å². The van der Waals surface area contributed by atoms with Gasteiger partial charge in [-0.1, -0.05) is 96.1 Å². The van der Waals surface area contributed by atoms with Crippen molar-refractivity contribution in [2.75, 3.05) is 13.4 Å². The predicted octanol–water partition coefficient (Wildman–Crippen LogP) is 11.4. The van der Waals surface area contributed by atoms with Crippen molar-refractivity contribution in [3.8, 4) is 38.4 Å². The maximum absolute atomic E-state index is 6.09. The van der Waals surface area contributed by atoms with Gasteiger partial charge in [-0.15, -0.1) is 11.3 Å². The molecule has 2 aromatic heterocycles. The summed E-state index contributed by atoms with van der Waals surface area (Å²) in [6.45, 7) is 16.4. The number of hydrogen-bond donors (Lipinski definition) is 1. The molecule has 0 spiro atoms. The highest BCUT2D eigenvalue weighted by Crippen LogP contribution is 2.43. The van der Waals surface area contributed by atoms with Crippen molar-refractivity contribution >= 4 is 33.1 Å². The van der Waals surface area contributed by atoms with E-state index in [1.54, 1.807) is 11.3 Å². The number of ether oxygens (including phenoxy) is 2. The summed E-state index contributed by atoms with van der Waals surface area (Å²) in [5.41, 5.74) is 12.2. The Morgan fingerprint density at radius 2 is 1.21 bits per heavy atom. The number of H-pyrrole nitrogens is 1. The molecule has 43 heavy (non-hydrogen) atoms. The number of fused-ring (bicyclic) bond motifs is 3. The zero-order valence-corrected chi connectivity index (χ0v) is 27.1. The summed E-state index contributed by atoms with van der Waals surface area (Å²) < 4.78 is 11.6. The molecule has 0 aliphatic carbocycles. The van der Waals surface area contributed by atoms with Crippen LogP contribution in [-0.4, -0.2) is 18.4 Å². The topological polar surface area (TPSA) is 34.2 Å². The molecular weight excluding hydrogens is 547 g/mol. The Balaban J connectivity index is 1.53. The van der Waals surface area contributed by atoms with Gasteiger partial charge in [-0.2, -0.15) is 0 Å². The number of rotatable bonds is 7. The van der Waals surface area contributed by atoms with Gasteiger partial charge in [-0.25, -0.2) is 0 Å². The second kappa shape index (κ2) is 11.3. The molecule has 6 rings (SSSR count). The van der Waals surface area contributed by atoms with Crippen LogP contribution in [0.4, 0.5) is 0 Å². The second-order valence-electron chi connectivity index (χ2n) is 13.4. The van der Waals surface area contributed by atoms with Crippen LogP contribution in [0.5, 0.6) is 5.06 Å². The molecule has 0 amide bonds. The summed E-state index contributed by atoms with van der Waals surface area (Å²) in [4.78, 5) is 3.76. The molecule has 0 saturated heterocycles. The van der Waals surface area contributed by atoms with Crippen molar-refractivity contribution in [3.05, 3.63) is 101 Å². The van der Waals surface area contributed by atoms with E-state index in [-0.39, 0.29) is 17.6 Å². The van der Waals surface area contributed by atoms with Crippen LogP contribution in [0.3, 0.4) is 0 Å². The van der Waals surface area contributed by atoms with Crippen LogP contribution in [0.15, 0.2) is 90.3 Å². The maximum atomic E-state index is 6.09. The molecule has 0 unspecified atom stereocenters. The number of aromatic nitrogens is 1. The fourth-order valence-corrected chi connectivity index (χ4v) is 6.42. The zero-order valence-electron chi connectivity index (χ0n) is 26.3. The van der Waals surface area contributed by atoms with Crippen molar-refractivity contribution in [1.82, 2.24) is 4.98 Å². The molecular formula is C39H41NO2S. The molecule has 0 atom stereocenters. The van der Waals surface area contributed by atoms with Crippen molar-refractivity contribution in [3.63, 3.8) is 0 Å². The average Bonchev–Trinajstić information content (AvgIpc) is 3.60. The number of benzene rings is 4. The molecule has 0 fully saturated rings. The van der Waals surface area contributed by atoms with Crippen LogP contribution >= 0.6 is 11.3 Å². The number of nitrogens with one attached hydrogen (secondary N) is 1. The summed E-state index contributed by atoms with van der Waals surface area (Å²) in [6, 6.07) is 31.6. The normalized spacial score (nSPS) is 12.3. The van der Waals surface area contributed by atoms with E-state index in [1.165, 1.54) is 44.2 Å². The van der Waals surface area contributed by atoms with E-state index in [9.17, 15) is 0 Å². The lowest BCUT2D eigenvalue weighted by molar-refractivity contribution is 0.0250. The quantitative estimate of drug-likeness (QED) is 0.149. The van der Waals surface area contributed by atoms with Crippen LogP contribution in [0.25, 0.3) is 55.2 Å². The Bertz CT molecular complexity index is 1880. The van der Waals surface area contributed by atoms with Gasteiger partial charge in [-0.05, 0) is 86.8 Å². The number of thiophene rings is 1. The first-order valence-electron chi connectivity index (χ1n) is 15.1. The lowest BCUT2D eigenvalue weighted by atomic mass is 9.86. The number of hydrogen-bond acceptors (Lipinski definition) is 3. The summed E-state index contributed by atoms with van der Waals surface area (Å²) >= 11 is 1.60. The molecule has 2 heterocycles. The lowest BCUT2D eigenvalue weighted by Crippen LogP contribution is -2.10. The third kappa shape index (κ3) is 5.87. The smallest absolute Gasteiger partial charge is 0.190 e. The van der Waals surface area contributed by atoms with E-state index in [2.05, 4.69) is 137 Å². The molecule has 4 aromatic carbocycles. The molecule has 0 radical (unpaired) electrons. The lowest BCUT2D eigenvalue weighted by Gasteiger charge is -2.19. The highest BCUT2D eigenvalue weighted by atomic mass is 32.1. The van der Waals surface area contributed by atoms with Gasteiger partial charge in [0, 0.05) is 34.0 Å². The zero-order chi connectivity index (χ0) is 30.4. The molecule has 1 N–H and O–H groups in total. The Labute approximate surface area is 259 Å². The van der Waals surface area contributed by atoms with Crippen LogP contribution in [0.1, 0.15) is 59.6 Å². The van der Waals surface area contributed by atoms with E-state index < -0.39 is 0 Å². The molecule has 0 aliphatic rings. The van der Waals surface area contributed by atoms with E-state index >= 15 is 0 Å². The third-order valence-corrected chi connectivity index (χ3v) is 9.10. The monoisotopic (exact) mass is 587 g/mol. The first-order chi connectivity index (χ1) is 20.5. The minimum atomic E-state index is 0.107. The average molecular weight is 588 g/mol. The van der Waals surface area contributed by atoms with Gasteiger partial charge in [0.05, 0.1) is 5.52 Å². The van der Waals surface area contributed by atoms with Crippen LogP contribution in [0, 0.1) is 0 Å². The van der Waals surface area contributed by atoms with E-state index in [0.717, 1.165) is 27.2 Å². The second-order valence-corrected chi connectivity index (χ2v) is 14.2. The fraction of sp³-hybridized carbons (Fsp3) is 0.282. The maximum Gasteiger partial charge on any atom is 0.190 e. The van der Waals surface area contributed by atoms with Gasteiger partial charge in [0.15, 0.2) is 11.9 Å². The largest absolute Gasteiger partial charge is 0.457 e. The molecule has 0 bridgehead atoms. The molecule has 3 nitrogen and oxygen atoms in total. The van der Waals surface area contributed by atoms with Crippen LogP contribution in [-0.2, 0) is 15.6 Å². The summed E-state index contributed by atoms with van der Waals surface area (Å²) in [6.07, 6.45) is 0. The van der Waals surface area contributed by atoms with Crippen molar-refractivity contribution in [1.29, 1.82) is 0 Å². The first kappa shape index (κ1) is 29.2. The van der Waals surface area contributed by atoms with E-state index in [4.69, 9.17) is 9.47 Å².